The number of hydrogen-bond acceptors (Lipinski definition) is 0. The third-order valence-electron chi connectivity index (χ3n) is 1.73. The zero-order valence-electron chi connectivity index (χ0n) is 6.95. The van der Waals surface area contributed by atoms with Gasteiger partial charge in [-0.15, -0.1) is 0 Å². The zero-order valence-corrected chi connectivity index (χ0v) is 8.54. The second-order valence-electron chi connectivity index (χ2n) is 2.67. The molecule has 0 spiro atoms. The van der Waals surface area contributed by atoms with E-state index in [-0.39, 0.29) is 12.3 Å². The van der Waals surface area contributed by atoms with Crippen molar-refractivity contribution in [3.63, 3.8) is 0 Å². The van der Waals surface area contributed by atoms with Crippen molar-refractivity contribution < 1.29 is 13.2 Å². The Kier molecular flexibility index (Phi) is 5.19. The van der Waals surface area contributed by atoms with Crippen LogP contribution in [0.25, 0.3) is 0 Å². The summed E-state index contributed by atoms with van der Waals surface area (Å²) >= 11 is 3.22. The fourth-order valence-corrected chi connectivity index (χ4v) is 1.26. The van der Waals surface area contributed by atoms with Crippen LogP contribution in [0, 0.1) is 17.5 Å². The predicted molar refractivity (Wildman–Crippen MR) is 55.0 cm³/mol. The first kappa shape index (κ1) is 13.5. The lowest BCUT2D eigenvalue weighted by Gasteiger charge is -2.07. The van der Waals surface area contributed by atoms with Gasteiger partial charge in [-0.1, -0.05) is 30.3 Å². The maximum atomic E-state index is 12.7. The van der Waals surface area contributed by atoms with Gasteiger partial charge in [-0.05, 0) is 24.1 Å². The van der Waals surface area contributed by atoms with Crippen LogP contribution in [0.4, 0.5) is 13.2 Å². The molecule has 0 aliphatic heterocycles. The average Bonchev–Trinajstić information content (AvgIpc) is 2.12. The minimum Gasteiger partial charge on any atom is -0.204 e. The van der Waals surface area contributed by atoms with Crippen LogP contribution in [0.2, 0.25) is 0 Å². The van der Waals surface area contributed by atoms with E-state index in [0.717, 1.165) is 12.1 Å². The van der Waals surface area contributed by atoms with E-state index in [1.165, 1.54) is 0 Å². The molecule has 0 aliphatic rings. The molecular formula is C10H12BrF3. The van der Waals surface area contributed by atoms with Crippen LogP contribution >= 0.6 is 15.9 Å². The van der Waals surface area contributed by atoms with Gasteiger partial charge in [-0.2, -0.15) is 0 Å². The first-order chi connectivity index (χ1) is 6.06. The first-order valence-corrected chi connectivity index (χ1v) is 4.76. The Morgan fingerprint density at radius 2 is 1.64 bits per heavy atom. The van der Waals surface area contributed by atoms with Gasteiger partial charge in [-0.25, -0.2) is 13.2 Å². The van der Waals surface area contributed by atoms with Gasteiger partial charge in [-0.3, -0.25) is 0 Å². The van der Waals surface area contributed by atoms with E-state index in [4.69, 9.17) is 0 Å². The van der Waals surface area contributed by atoms with E-state index in [1.807, 2.05) is 6.92 Å². The van der Waals surface area contributed by atoms with Crippen LogP contribution < -0.4 is 0 Å². The van der Waals surface area contributed by atoms with Crippen molar-refractivity contribution in [1.29, 1.82) is 0 Å². The SMILES string of the molecule is C.CCC(Br)c1cc(F)c(F)c(F)c1. The molecule has 1 atom stereocenters. The fraction of sp³-hybridized carbons (Fsp3) is 0.400. The van der Waals surface area contributed by atoms with E-state index in [1.54, 1.807) is 0 Å². The molecule has 14 heavy (non-hydrogen) atoms. The number of benzene rings is 1. The van der Waals surface area contributed by atoms with Gasteiger partial charge < -0.3 is 0 Å². The first-order valence-electron chi connectivity index (χ1n) is 3.84. The summed E-state index contributed by atoms with van der Waals surface area (Å²) in [7, 11) is 0. The summed E-state index contributed by atoms with van der Waals surface area (Å²) in [5.74, 6) is -3.71. The quantitative estimate of drug-likeness (QED) is 0.544. The second-order valence-corrected chi connectivity index (χ2v) is 3.78. The van der Waals surface area contributed by atoms with Crippen LogP contribution in [-0.4, -0.2) is 0 Å². The molecule has 0 aliphatic carbocycles. The zero-order chi connectivity index (χ0) is 10.0. The maximum absolute atomic E-state index is 12.7. The molecule has 0 amide bonds. The van der Waals surface area contributed by atoms with Crippen molar-refractivity contribution in [2.45, 2.75) is 25.6 Å². The molecule has 1 aromatic rings. The molecule has 0 saturated carbocycles. The summed E-state index contributed by atoms with van der Waals surface area (Å²) < 4.78 is 37.9. The van der Waals surface area contributed by atoms with Crippen LogP contribution in [0.5, 0.6) is 0 Å². The number of alkyl halides is 1. The highest BCUT2D eigenvalue weighted by molar-refractivity contribution is 9.09. The van der Waals surface area contributed by atoms with Crippen molar-refractivity contribution in [3.05, 3.63) is 35.1 Å². The van der Waals surface area contributed by atoms with Crippen molar-refractivity contribution in [2.24, 2.45) is 0 Å². The standard InChI is InChI=1S/C9H8BrF3.CH4/c1-2-6(10)5-3-7(11)9(13)8(12)4-5;/h3-4,6H,2H2,1H3;1H4. The summed E-state index contributed by atoms with van der Waals surface area (Å²) in [6.45, 7) is 1.86. The summed E-state index contributed by atoms with van der Waals surface area (Å²) in [6.07, 6.45) is 0.685. The molecule has 1 unspecified atom stereocenters. The molecule has 0 bridgehead atoms. The predicted octanol–water partition coefficient (Wildman–Crippen LogP) is 4.59. The van der Waals surface area contributed by atoms with Gasteiger partial charge in [0.05, 0.1) is 0 Å². The Morgan fingerprint density at radius 3 is 2.00 bits per heavy atom. The highest BCUT2D eigenvalue weighted by Gasteiger charge is 2.13. The van der Waals surface area contributed by atoms with E-state index < -0.39 is 17.5 Å². The monoisotopic (exact) mass is 268 g/mol. The smallest absolute Gasteiger partial charge is 0.194 e. The Bertz CT molecular complexity index is 289. The van der Waals surface area contributed by atoms with Gasteiger partial charge in [0, 0.05) is 4.83 Å². The largest absolute Gasteiger partial charge is 0.204 e. The lowest BCUT2D eigenvalue weighted by atomic mass is 10.1. The molecule has 1 aromatic carbocycles. The van der Waals surface area contributed by atoms with Crippen LogP contribution in [0.3, 0.4) is 0 Å². The van der Waals surface area contributed by atoms with Crippen molar-refractivity contribution in [3.8, 4) is 0 Å². The second kappa shape index (κ2) is 5.39. The van der Waals surface area contributed by atoms with Gasteiger partial charge in [0.1, 0.15) is 0 Å². The summed E-state index contributed by atoms with van der Waals surface area (Å²) in [6, 6.07) is 2.00. The van der Waals surface area contributed by atoms with E-state index in [2.05, 4.69) is 15.9 Å². The normalized spacial score (nSPS) is 12.1. The summed E-state index contributed by atoms with van der Waals surface area (Å²) in [4.78, 5) is -0.142. The molecule has 0 heterocycles. The Morgan fingerprint density at radius 1 is 1.21 bits per heavy atom. The fourth-order valence-electron chi connectivity index (χ4n) is 0.992. The minimum absolute atomic E-state index is 0. The number of hydrogen-bond donors (Lipinski definition) is 0. The third kappa shape index (κ3) is 2.74. The van der Waals surface area contributed by atoms with E-state index in [9.17, 15) is 13.2 Å². The Hall–Kier alpha value is -0.510. The van der Waals surface area contributed by atoms with Crippen molar-refractivity contribution in [2.75, 3.05) is 0 Å². The molecule has 1 rings (SSSR count). The highest BCUT2D eigenvalue weighted by Crippen LogP contribution is 2.28. The summed E-state index contributed by atoms with van der Waals surface area (Å²) in [5, 5.41) is 0. The molecule has 0 aromatic heterocycles. The van der Waals surface area contributed by atoms with Gasteiger partial charge in [0.25, 0.3) is 0 Å². The third-order valence-corrected chi connectivity index (χ3v) is 2.90. The molecule has 0 radical (unpaired) electrons. The molecule has 0 N–H and O–H groups in total. The minimum atomic E-state index is -1.42. The lowest BCUT2D eigenvalue weighted by Crippen LogP contribution is -1.96. The van der Waals surface area contributed by atoms with Crippen LogP contribution in [0.1, 0.15) is 31.2 Å². The van der Waals surface area contributed by atoms with Gasteiger partial charge >= 0.3 is 0 Å². The topological polar surface area (TPSA) is 0 Å². The summed E-state index contributed by atoms with van der Waals surface area (Å²) in [5.41, 5.74) is 0.416. The number of rotatable bonds is 2. The molecule has 80 valence electrons. The number of halogens is 4. The van der Waals surface area contributed by atoms with Crippen LogP contribution in [0.15, 0.2) is 12.1 Å². The van der Waals surface area contributed by atoms with E-state index >= 15 is 0 Å². The van der Waals surface area contributed by atoms with Crippen molar-refractivity contribution in [1.82, 2.24) is 0 Å². The molecule has 0 saturated heterocycles. The van der Waals surface area contributed by atoms with Crippen LogP contribution in [-0.2, 0) is 0 Å². The highest BCUT2D eigenvalue weighted by atomic mass is 79.9. The molecule has 0 nitrogen and oxygen atoms in total. The van der Waals surface area contributed by atoms with Gasteiger partial charge in [0.15, 0.2) is 17.5 Å². The molecule has 0 fully saturated rings. The Labute approximate surface area is 90.3 Å². The molecule has 4 heteroatoms. The van der Waals surface area contributed by atoms with E-state index in [0.29, 0.717) is 12.0 Å². The Balaban J connectivity index is 0.00000169. The van der Waals surface area contributed by atoms with Crippen molar-refractivity contribution >= 4 is 15.9 Å². The maximum Gasteiger partial charge on any atom is 0.194 e. The average molecular weight is 269 g/mol. The molecular weight excluding hydrogens is 257 g/mol. The lowest BCUT2D eigenvalue weighted by molar-refractivity contribution is 0.445. The van der Waals surface area contributed by atoms with Gasteiger partial charge in [0.2, 0.25) is 0 Å².